The van der Waals surface area contributed by atoms with E-state index in [4.69, 9.17) is 0 Å². The van der Waals surface area contributed by atoms with Gasteiger partial charge in [0.15, 0.2) is 0 Å². The molecule has 5 heteroatoms. The lowest BCUT2D eigenvalue weighted by Gasteiger charge is -2.09. The molecule has 5 nitrogen and oxygen atoms in total. The molecule has 1 heterocycles. The van der Waals surface area contributed by atoms with Crippen molar-refractivity contribution in [2.75, 3.05) is 12.4 Å². The maximum absolute atomic E-state index is 11.4. The van der Waals surface area contributed by atoms with Gasteiger partial charge in [-0.2, -0.15) is 0 Å². The third kappa shape index (κ3) is 3.45. The fraction of sp³-hybridized carbons (Fsp3) is 0.188. The average Bonchev–Trinajstić information content (AvgIpc) is 2.46. The highest BCUT2D eigenvalue weighted by Crippen LogP contribution is 2.24. The fourth-order valence-electron chi connectivity index (χ4n) is 2.02. The predicted molar refractivity (Wildman–Crippen MR) is 80.1 cm³/mol. The van der Waals surface area contributed by atoms with Crippen LogP contribution in [0.25, 0.3) is 11.1 Å². The second-order valence-electron chi connectivity index (χ2n) is 4.58. The minimum Gasteiger partial charge on any atom is -0.465 e. The second kappa shape index (κ2) is 6.17. The first kappa shape index (κ1) is 14.7. The number of hydrogen-bond acceptors (Lipinski definition) is 4. The number of methoxy groups -OCH3 is 1. The maximum Gasteiger partial charge on any atom is 0.337 e. The van der Waals surface area contributed by atoms with Gasteiger partial charge in [-0.1, -0.05) is 12.1 Å². The molecule has 108 valence electrons. The fourth-order valence-corrected chi connectivity index (χ4v) is 2.02. The normalized spacial score (nSPS) is 10.0. The Labute approximate surface area is 123 Å². The molecule has 0 aliphatic heterocycles. The number of benzene rings is 1. The molecule has 1 aromatic carbocycles. The summed E-state index contributed by atoms with van der Waals surface area (Å²) >= 11 is 0. The molecule has 0 aliphatic carbocycles. The highest BCUT2D eigenvalue weighted by molar-refractivity contribution is 5.90. The van der Waals surface area contributed by atoms with Crippen LogP contribution in [0.3, 0.4) is 0 Å². The topological polar surface area (TPSA) is 68.3 Å². The smallest absolute Gasteiger partial charge is 0.337 e. The number of rotatable bonds is 3. The van der Waals surface area contributed by atoms with Gasteiger partial charge in [0, 0.05) is 18.2 Å². The van der Waals surface area contributed by atoms with Gasteiger partial charge < -0.3 is 10.1 Å². The summed E-state index contributed by atoms with van der Waals surface area (Å²) in [5.74, 6) is 0.00409. The number of hydrogen-bond donors (Lipinski definition) is 1. The van der Waals surface area contributed by atoms with Crippen molar-refractivity contribution in [2.45, 2.75) is 13.8 Å². The van der Waals surface area contributed by atoms with E-state index in [-0.39, 0.29) is 11.9 Å². The van der Waals surface area contributed by atoms with E-state index in [1.165, 1.54) is 14.0 Å². The molecule has 0 radical (unpaired) electrons. The summed E-state index contributed by atoms with van der Waals surface area (Å²) in [6, 6.07) is 10.7. The van der Waals surface area contributed by atoms with Crippen molar-refractivity contribution < 1.29 is 14.3 Å². The Kier molecular flexibility index (Phi) is 4.33. The Bertz CT molecular complexity index is 678. The van der Waals surface area contributed by atoms with Crippen LogP contribution in [-0.4, -0.2) is 24.0 Å². The van der Waals surface area contributed by atoms with Crippen LogP contribution in [-0.2, 0) is 9.53 Å². The van der Waals surface area contributed by atoms with Crippen LogP contribution in [0.15, 0.2) is 36.4 Å². The highest BCUT2D eigenvalue weighted by Gasteiger charge is 2.08. The van der Waals surface area contributed by atoms with Crippen LogP contribution < -0.4 is 5.32 Å². The SMILES string of the molecule is COC(=O)c1ccc(-c2ccc(NC(C)=O)nc2C)cc1. The molecule has 0 unspecified atom stereocenters. The Hall–Kier alpha value is -2.69. The Morgan fingerprint density at radius 3 is 2.29 bits per heavy atom. The van der Waals surface area contributed by atoms with E-state index < -0.39 is 0 Å². The number of nitrogens with zero attached hydrogens (tertiary/aromatic N) is 1. The molecule has 1 amide bonds. The van der Waals surface area contributed by atoms with Crippen LogP contribution in [0, 0.1) is 6.92 Å². The number of ether oxygens (including phenoxy) is 1. The number of pyridine rings is 1. The summed E-state index contributed by atoms with van der Waals surface area (Å²) in [5.41, 5.74) is 3.19. The monoisotopic (exact) mass is 284 g/mol. The van der Waals surface area contributed by atoms with E-state index in [2.05, 4.69) is 15.0 Å². The first-order valence-corrected chi connectivity index (χ1v) is 6.45. The predicted octanol–water partition coefficient (Wildman–Crippen LogP) is 2.80. The van der Waals surface area contributed by atoms with Gasteiger partial charge in [0.05, 0.1) is 12.7 Å². The zero-order chi connectivity index (χ0) is 15.4. The third-order valence-electron chi connectivity index (χ3n) is 3.01. The van der Waals surface area contributed by atoms with Gasteiger partial charge in [0.2, 0.25) is 5.91 Å². The molecule has 1 N–H and O–H groups in total. The maximum atomic E-state index is 11.4. The van der Waals surface area contributed by atoms with E-state index >= 15 is 0 Å². The largest absolute Gasteiger partial charge is 0.465 e. The van der Waals surface area contributed by atoms with Crippen LogP contribution in [0.4, 0.5) is 5.82 Å². The molecule has 0 atom stereocenters. The number of carbonyl (C=O) groups is 2. The quantitative estimate of drug-likeness (QED) is 0.880. The van der Waals surface area contributed by atoms with Crippen LogP contribution in [0.1, 0.15) is 23.0 Å². The lowest BCUT2D eigenvalue weighted by Crippen LogP contribution is -2.08. The van der Waals surface area contributed by atoms with Crippen molar-refractivity contribution in [3.63, 3.8) is 0 Å². The van der Waals surface area contributed by atoms with Crippen molar-refractivity contribution in [3.05, 3.63) is 47.7 Å². The van der Waals surface area contributed by atoms with Crippen LogP contribution in [0.5, 0.6) is 0 Å². The molecule has 0 fully saturated rings. The minimum atomic E-state index is -0.364. The average molecular weight is 284 g/mol. The molecule has 21 heavy (non-hydrogen) atoms. The van der Waals surface area contributed by atoms with Gasteiger partial charge in [0.1, 0.15) is 5.82 Å². The summed E-state index contributed by atoms with van der Waals surface area (Å²) in [5, 5.41) is 2.64. The van der Waals surface area contributed by atoms with Crippen LogP contribution >= 0.6 is 0 Å². The van der Waals surface area contributed by atoms with E-state index in [1.807, 2.05) is 25.1 Å². The number of nitrogens with one attached hydrogen (secondary N) is 1. The summed E-state index contributed by atoms with van der Waals surface area (Å²) < 4.78 is 4.67. The number of aryl methyl sites for hydroxylation is 1. The standard InChI is InChI=1S/C16H16N2O3/c1-10-14(8-9-15(17-10)18-11(2)19)12-4-6-13(7-5-12)16(20)21-3/h4-9H,1-3H3,(H,17,18,19). The molecule has 0 spiro atoms. The van der Waals surface area contributed by atoms with E-state index in [0.29, 0.717) is 11.4 Å². The number of carbonyl (C=O) groups excluding carboxylic acids is 2. The number of amides is 1. The lowest BCUT2D eigenvalue weighted by molar-refractivity contribution is -0.114. The van der Waals surface area contributed by atoms with Gasteiger partial charge in [-0.25, -0.2) is 9.78 Å². The number of esters is 1. The summed E-state index contributed by atoms with van der Waals surface area (Å²) in [4.78, 5) is 26.8. The first-order chi connectivity index (χ1) is 10.0. The third-order valence-corrected chi connectivity index (χ3v) is 3.01. The molecule has 2 aromatic rings. The Morgan fingerprint density at radius 1 is 1.10 bits per heavy atom. The highest BCUT2D eigenvalue weighted by atomic mass is 16.5. The van der Waals surface area contributed by atoms with Crippen molar-refractivity contribution in [3.8, 4) is 11.1 Å². The van der Waals surface area contributed by atoms with E-state index in [1.54, 1.807) is 18.2 Å². The number of anilines is 1. The second-order valence-corrected chi connectivity index (χ2v) is 4.58. The van der Waals surface area contributed by atoms with Crippen molar-refractivity contribution in [2.24, 2.45) is 0 Å². The molecular weight excluding hydrogens is 268 g/mol. The first-order valence-electron chi connectivity index (χ1n) is 6.45. The molecule has 0 saturated carbocycles. The molecule has 0 saturated heterocycles. The van der Waals surface area contributed by atoms with E-state index in [0.717, 1.165) is 16.8 Å². The summed E-state index contributed by atoms with van der Waals surface area (Å²) in [7, 11) is 1.35. The summed E-state index contributed by atoms with van der Waals surface area (Å²) in [6.07, 6.45) is 0. The lowest BCUT2D eigenvalue weighted by atomic mass is 10.0. The zero-order valence-corrected chi connectivity index (χ0v) is 12.1. The van der Waals surface area contributed by atoms with Crippen molar-refractivity contribution in [1.29, 1.82) is 0 Å². The molecule has 2 rings (SSSR count). The van der Waals surface area contributed by atoms with Gasteiger partial charge >= 0.3 is 5.97 Å². The minimum absolute atomic E-state index is 0.155. The van der Waals surface area contributed by atoms with Crippen molar-refractivity contribution >= 4 is 17.7 Å². The Morgan fingerprint density at radius 2 is 1.76 bits per heavy atom. The van der Waals surface area contributed by atoms with E-state index in [9.17, 15) is 9.59 Å². The number of aromatic nitrogens is 1. The zero-order valence-electron chi connectivity index (χ0n) is 12.1. The molecular formula is C16H16N2O3. The Balaban J connectivity index is 2.29. The molecule has 1 aromatic heterocycles. The van der Waals surface area contributed by atoms with Gasteiger partial charge in [0.25, 0.3) is 0 Å². The van der Waals surface area contributed by atoms with Gasteiger partial charge in [-0.05, 0) is 36.8 Å². The summed E-state index contributed by atoms with van der Waals surface area (Å²) in [6.45, 7) is 3.31. The van der Waals surface area contributed by atoms with Crippen molar-refractivity contribution in [1.82, 2.24) is 4.98 Å². The molecule has 0 bridgehead atoms. The van der Waals surface area contributed by atoms with Gasteiger partial charge in [-0.15, -0.1) is 0 Å². The van der Waals surface area contributed by atoms with Gasteiger partial charge in [-0.3, -0.25) is 4.79 Å². The van der Waals surface area contributed by atoms with Crippen LogP contribution in [0.2, 0.25) is 0 Å². The molecule has 0 aliphatic rings.